The molecular weight excluding hydrogens is 332 g/mol. The zero-order valence-corrected chi connectivity index (χ0v) is 14.8. The maximum atomic E-state index is 12.7. The fourth-order valence-corrected chi connectivity index (χ4v) is 3.30. The molecule has 2 amide bonds. The van der Waals surface area contributed by atoms with Gasteiger partial charge in [0.1, 0.15) is 0 Å². The fraction of sp³-hybridized carbons (Fsp3) is 0.316. The summed E-state index contributed by atoms with van der Waals surface area (Å²) in [6.07, 6.45) is 3.28. The number of nitrogens with zero attached hydrogens (tertiary/aromatic N) is 3. The van der Waals surface area contributed by atoms with E-state index >= 15 is 0 Å². The number of amides is 2. The lowest BCUT2D eigenvalue weighted by molar-refractivity contribution is -0.141. The third-order valence-corrected chi connectivity index (χ3v) is 4.68. The van der Waals surface area contributed by atoms with Crippen LogP contribution in [0.25, 0.3) is 0 Å². The number of aromatic nitrogens is 1. The number of pyridine rings is 1. The van der Waals surface area contributed by atoms with E-state index in [1.54, 1.807) is 23.4 Å². The Morgan fingerprint density at radius 2 is 1.92 bits per heavy atom. The number of benzene rings is 1. The summed E-state index contributed by atoms with van der Waals surface area (Å²) in [7, 11) is 3.74. The van der Waals surface area contributed by atoms with Crippen LogP contribution in [0.4, 0.5) is 16.2 Å². The first kappa shape index (κ1) is 17.7. The largest absolute Gasteiger partial charge is 0.481 e. The summed E-state index contributed by atoms with van der Waals surface area (Å²) in [5, 5.41) is 12.5. The van der Waals surface area contributed by atoms with E-state index in [0.29, 0.717) is 12.2 Å². The Kier molecular flexibility index (Phi) is 5.06. The molecule has 0 bridgehead atoms. The van der Waals surface area contributed by atoms with Crippen molar-refractivity contribution in [2.45, 2.75) is 5.92 Å². The SMILES string of the molecule is CN(C)c1cnccc1NC(=O)N1C[C@H](C(=O)O)[C@@H](c2ccccc2)C1. The lowest BCUT2D eigenvalue weighted by Crippen LogP contribution is -2.34. The third kappa shape index (κ3) is 3.61. The van der Waals surface area contributed by atoms with E-state index in [9.17, 15) is 14.7 Å². The zero-order valence-electron chi connectivity index (χ0n) is 14.8. The van der Waals surface area contributed by atoms with Crippen molar-refractivity contribution in [3.63, 3.8) is 0 Å². The van der Waals surface area contributed by atoms with Gasteiger partial charge in [-0.25, -0.2) is 4.79 Å². The number of aliphatic carboxylic acids is 1. The van der Waals surface area contributed by atoms with Gasteiger partial charge in [0.2, 0.25) is 0 Å². The normalized spacial score (nSPS) is 19.2. The van der Waals surface area contributed by atoms with Crippen LogP contribution < -0.4 is 10.2 Å². The van der Waals surface area contributed by atoms with Gasteiger partial charge < -0.3 is 20.2 Å². The second-order valence-corrected chi connectivity index (χ2v) is 6.58. The Morgan fingerprint density at radius 3 is 2.58 bits per heavy atom. The van der Waals surface area contributed by atoms with Crippen molar-refractivity contribution < 1.29 is 14.7 Å². The Morgan fingerprint density at radius 1 is 1.19 bits per heavy atom. The monoisotopic (exact) mass is 354 g/mol. The van der Waals surface area contributed by atoms with E-state index in [1.165, 1.54) is 0 Å². The zero-order chi connectivity index (χ0) is 18.7. The second-order valence-electron chi connectivity index (χ2n) is 6.58. The molecule has 1 saturated heterocycles. The summed E-state index contributed by atoms with van der Waals surface area (Å²) in [5.41, 5.74) is 2.37. The number of anilines is 2. The molecule has 0 unspecified atom stereocenters. The first-order chi connectivity index (χ1) is 12.5. The summed E-state index contributed by atoms with van der Waals surface area (Å²) >= 11 is 0. The number of urea groups is 1. The number of carboxylic acid groups (broad SMARTS) is 1. The van der Waals surface area contributed by atoms with Gasteiger partial charge in [-0.2, -0.15) is 0 Å². The van der Waals surface area contributed by atoms with Gasteiger partial charge >= 0.3 is 12.0 Å². The van der Waals surface area contributed by atoms with E-state index in [1.807, 2.05) is 49.3 Å². The Labute approximate surface area is 152 Å². The number of hydrogen-bond donors (Lipinski definition) is 2. The molecule has 3 rings (SSSR count). The van der Waals surface area contributed by atoms with Crippen molar-refractivity contribution in [3.05, 3.63) is 54.4 Å². The molecule has 0 radical (unpaired) electrons. The minimum absolute atomic E-state index is 0.184. The molecule has 1 aliphatic rings. The minimum atomic E-state index is -0.882. The van der Waals surface area contributed by atoms with Crippen molar-refractivity contribution in [3.8, 4) is 0 Å². The fourth-order valence-electron chi connectivity index (χ4n) is 3.30. The second kappa shape index (κ2) is 7.43. The van der Waals surface area contributed by atoms with Gasteiger partial charge in [-0.3, -0.25) is 9.78 Å². The molecule has 2 atom stereocenters. The van der Waals surface area contributed by atoms with Gasteiger partial charge in [-0.05, 0) is 11.6 Å². The van der Waals surface area contributed by atoms with E-state index in [0.717, 1.165) is 11.3 Å². The summed E-state index contributed by atoms with van der Waals surface area (Å²) in [5.74, 6) is -1.72. The topological polar surface area (TPSA) is 85.8 Å². The van der Waals surface area contributed by atoms with Gasteiger partial charge in [0.05, 0.1) is 23.5 Å². The highest BCUT2D eigenvalue weighted by Crippen LogP contribution is 2.33. The van der Waals surface area contributed by atoms with Gasteiger partial charge in [0.15, 0.2) is 0 Å². The predicted molar refractivity (Wildman–Crippen MR) is 99.5 cm³/mol. The molecule has 1 aliphatic heterocycles. The molecule has 26 heavy (non-hydrogen) atoms. The van der Waals surface area contributed by atoms with Crippen LogP contribution in [0.5, 0.6) is 0 Å². The number of carbonyl (C=O) groups excluding carboxylic acids is 1. The summed E-state index contributed by atoms with van der Waals surface area (Å²) < 4.78 is 0. The van der Waals surface area contributed by atoms with Crippen LogP contribution in [0.3, 0.4) is 0 Å². The number of carbonyl (C=O) groups is 2. The smallest absolute Gasteiger partial charge is 0.321 e. The standard InChI is InChI=1S/C19H22N4O3/c1-22(2)17-10-20-9-8-16(17)21-19(26)23-11-14(15(12-23)18(24)25)13-6-4-3-5-7-13/h3-10,14-15H,11-12H2,1-2H3,(H,24,25)(H,20,21,26)/t14-,15+/m1/s1. The van der Waals surface area contributed by atoms with E-state index in [2.05, 4.69) is 10.3 Å². The van der Waals surface area contributed by atoms with E-state index < -0.39 is 11.9 Å². The van der Waals surface area contributed by atoms with Crippen molar-refractivity contribution in [2.24, 2.45) is 5.92 Å². The average Bonchev–Trinajstić information content (AvgIpc) is 3.08. The summed E-state index contributed by atoms with van der Waals surface area (Å²) in [6.45, 7) is 0.554. The summed E-state index contributed by atoms with van der Waals surface area (Å²) in [4.78, 5) is 31.9. The Hall–Kier alpha value is -3.09. The highest BCUT2D eigenvalue weighted by molar-refractivity contribution is 5.93. The minimum Gasteiger partial charge on any atom is -0.481 e. The quantitative estimate of drug-likeness (QED) is 0.881. The third-order valence-electron chi connectivity index (χ3n) is 4.68. The molecule has 0 aliphatic carbocycles. The molecule has 1 aromatic carbocycles. The van der Waals surface area contributed by atoms with Gasteiger partial charge in [-0.1, -0.05) is 30.3 Å². The molecule has 136 valence electrons. The van der Waals surface area contributed by atoms with Crippen LogP contribution in [0.1, 0.15) is 11.5 Å². The molecule has 0 saturated carbocycles. The summed E-state index contributed by atoms with van der Waals surface area (Å²) in [6, 6.07) is 10.9. The van der Waals surface area contributed by atoms with Crippen LogP contribution in [0.15, 0.2) is 48.8 Å². The van der Waals surface area contributed by atoms with Crippen molar-refractivity contribution in [1.82, 2.24) is 9.88 Å². The highest BCUT2D eigenvalue weighted by atomic mass is 16.4. The average molecular weight is 354 g/mol. The molecule has 2 N–H and O–H groups in total. The van der Waals surface area contributed by atoms with Crippen LogP contribution in [-0.2, 0) is 4.79 Å². The maximum Gasteiger partial charge on any atom is 0.321 e. The molecule has 1 fully saturated rings. The molecule has 7 heteroatoms. The highest BCUT2D eigenvalue weighted by Gasteiger charge is 2.40. The molecule has 1 aromatic heterocycles. The molecular formula is C19H22N4O3. The first-order valence-electron chi connectivity index (χ1n) is 8.42. The molecule has 0 spiro atoms. The van der Waals surface area contributed by atoms with Crippen LogP contribution in [-0.4, -0.2) is 54.2 Å². The molecule has 2 aromatic rings. The Balaban J connectivity index is 1.78. The van der Waals surface area contributed by atoms with E-state index in [4.69, 9.17) is 0 Å². The number of rotatable bonds is 4. The van der Waals surface area contributed by atoms with Crippen LogP contribution in [0.2, 0.25) is 0 Å². The van der Waals surface area contributed by atoms with Crippen molar-refractivity contribution in [2.75, 3.05) is 37.4 Å². The molecule has 7 nitrogen and oxygen atoms in total. The number of hydrogen-bond acceptors (Lipinski definition) is 4. The van der Waals surface area contributed by atoms with E-state index in [-0.39, 0.29) is 18.5 Å². The number of nitrogens with one attached hydrogen (secondary N) is 1. The predicted octanol–water partition coefficient (Wildman–Crippen LogP) is 2.48. The van der Waals surface area contributed by atoms with Crippen molar-refractivity contribution >= 4 is 23.4 Å². The first-order valence-corrected chi connectivity index (χ1v) is 8.42. The lowest BCUT2D eigenvalue weighted by atomic mass is 9.89. The van der Waals surface area contributed by atoms with Crippen LogP contribution in [0, 0.1) is 5.92 Å². The number of likely N-dealkylation sites (tertiary alicyclic amines) is 1. The Bertz CT molecular complexity index is 794. The van der Waals surface area contributed by atoms with Gasteiger partial charge in [0.25, 0.3) is 0 Å². The lowest BCUT2D eigenvalue weighted by Gasteiger charge is -2.21. The number of carboxylic acids is 1. The molecule has 2 heterocycles. The maximum absolute atomic E-state index is 12.7. The van der Waals surface area contributed by atoms with Crippen LogP contribution >= 0.6 is 0 Å². The van der Waals surface area contributed by atoms with Gasteiger partial charge in [-0.15, -0.1) is 0 Å². The van der Waals surface area contributed by atoms with Gasteiger partial charge in [0, 0.05) is 39.3 Å². The van der Waals surface area contributed by atoms with Crippen molar-refractivity contribution in [1.29, 1.82) is 0 Å².